The van der Waals surface area contributed by atoms with Crippen LogP contribution in [-0.2, 0) is 16.1 Å². The van der Waals surface area contributed by atoms with E-state index in [9.17, 15) is 14.4 Å². The Morgan fingerprint density at radius 3 is 2.73 bits per heavy atom. The molecule has 0 saturated heterocycles. The van der Waals surface area contributed by atoms with E-state index in [0.717, 1.165) is 12.0 Å². The molecule has 0 fully saturated rings. The second-order valence-electron chi connectivity index (χ2n) is 5.45. The minimum absolute atomic E-state index is 0.0496. The Balaban J connectivity index is 1.86. The van der Waals surface area contributed by atoms with Gasteiger partial charge in [0.25, 0.3) is 5.91 Å². The number of carbonyl (C=O) groups excluding carboxylic acids is 2. The summed E-state index contributed by atoms with van der Waals surface area (Å²) in [5.74, 6) is -1.98. The topological polar surface area (TPSA) is 86.7 Å². The van der Waals surface area contributed by atoms with Crippen LogP contribution in [0, 0.1) is 5.92 Å². The van der Waals surface area contributed by atoms with E-state index in [1.54, 1.807) is 12.1 Å². The van der Waals surface area contributed by atoms with E-state index in [4.69, 9.17) is 5.11 Å². The van der Waals surface area contributed by atoms with Crippen molar-refractivity contribution in [2.45, 2.75) is 26.3 Å². The predicted molar refractivity (Wildman–Crippen MR) is 80.2 cm³/mol. The highest BCUT2D eigenvalue weighted by atomic mass is 16.4. The van der Waals surface area contributed by atoms with Crippen LogP contribution in [0.2, 0.25) is 0 Å². The van der Waals surface area contributed by atoms with Crippen molar-refractivity contribution in [2.24, 2.45) is 5.92 Å². The molecule has 1 aromatic rings. The van der Waals surface area contributed by atoms with Gasteiger partial charge in [0, 0.05) is 18.7 Å². The molecule has 1 aromatic carbocycles. The standard InChI is InChI=1S/C16H20N2O4/c1-2-5-11(16(21)22)8-17-14(19)10-18-9-12-6-3-4-7-13(12)15(18)20/h3-4,6-7,11H,2,5,8-10H2,1H3,(H,17,19)(H,21,22). The molecule has 1 atom stereocenters. The Morgan fingerprint density at radius 2 is 2.09 bits per heavy atom. The van der Waals surface area contributed by atoms with Gasteiger partial charge in [-0.1, -0.05) is 31.5 Å². The fraction of sp³-hybridized carbons (Fsp3) is 0.438. The predicted octanol–water partition coefficient (Wildman–Crippen LogP) is 1.26. The highest BCUT2D eigenvalue weighted by molar-refractivity contribution is 6.00. The van der Waals surface area contributed by atoms with Gasteiger partial charge in [0.05, 0.1) is 5.92 Å². The maximum absolute atomic E-state index is 12.1. The molecule has 6 nitrogen and oxygen atoms in total. The molecule has 22 heavy (non-hydrogen) atoms. The lowest BCUT2D eigenvalue weighted by Crippen LogP contribution is -2.40. The fourth-order valence-corrected chi connectivity index (χ4v) is 2.57. The van der Waals surface area contributed by atoms with Crippen LogP contribution >= 0.6 is 0 Å². The second kappa shape index (κ2) is 7.06. The number of carbonyl (C=O) groups is 3. The zero-order valence-electron chi connectivity index (χ0n) is 12.5. The molecule has 0 aliphatic carbocycles. The molecular weight excluding hydrogens is 284 g/mol. The van der Waals surface area contributed by atoms with Crippen LogP contribution in [0.4, 0.5) is 0 Å². The maximum atomic E-state index is 12.1. The van der Waals surface area contributed by atoms with E-state index in [-0.39, 0.29) is 24.9 Å². The van der Waals surface area contributed by atoms with Gasteiger partial charge < -0.3 is 15.3 Å². The van der Waals surface area contributed by atoms with Crippen LogP contribution in [0.5, 0.6) is 0 Å². The summed E-state index contributed by atoms with van der Waals surface area (Å²) < 4.78 is 0. The number of benzene rings is 1. The van der Waals surface area contributed by atoms with E-state index in [0.29, 0.717) is 18.5 Å². The summed E-state index contributed by atoms with van der Waals surface area (Å²) in [6.07, 6.45) is 1.26. The number of nitrogens with zero attached hydrogens (tertiary/aromatic N) is 1. The van der Waals surface area contributed by atoms with Crippen molar-refractivity contribution in [3.05, 3.63) is 35.4 Å². The number of hydrogen-bond acceptors (Lipinski definition) is 3. The fourth-order valence-electron chi connectivity index (χ4n) is 2.57. The molecule has 1 unspecified atom stereocenters. The van der Waals surface area contributed by atoms with Crippen molar-refractivity contribution in [3.8, 4) is 0 Å². The molecule has 2 N–H and O–H groups in total. The van der Waals surface area contributed by atoms with Crippen LogP contribution in [0.3, 0.4) is 0 Å². The zero-order chi connectivity index (χ0) is 16.1. The van der Waals surface area contributed by atoms with Gasteiger partial charge in [0.15, 0.2) is 0 Å². The SMILES string of the molecule is CCCC(CNC(=O)CN1Cc2ccccc2C1=O)C(=O)O. The Hall–Kier alpha value is -2.37. The van der Waals surface area contributed by atoms with Crippen molar-refractivity contribution < 1.29 is 19.5 Å². The van der Waals surface area contributed by atoms with Gasteiger partial charge in [-0.15, -0.1) is 0 Å². The van der Waals surface area contributed by atoms with Crippen molar-refractivity contribution in [1.29, 1.82) is 0 Å². The normalized spacial score (nSPS) is 14.6. The minimum Gasteiger partial charge on any atom is -0.481 e. The second-order valence-corrected chi connectivity index (χ2v) is 5.45. The van der Waals surface area contributed by atoms with Crippen molar-refractivity contribution in [2.75, 3.05) is 13.1 Å². The first-order valence-corrected chi connectivity index (χ1v) is 7.39. The number of carboxylic acids is 1. The van der Waals surface area contributed by atoms with Crippen LogP contribution in [0.15, 0.2) is 24.3 Å². The van der Waals surface area contributed by atoms with Gasteiger partial charge >= 0.3 is 5.97 Å². The van der Waals surface area contributed by atoms with Crippen LogP contribution < -0.4 is 5.32 Å². The lowest BCUT2D eigenvalue weighted by atomic mass is 10.0. The average molecular weight is 304 g/mol. The third-order valence-electron chi connectivity index (χ3n) is 3.76. The van der Waals surface area contributed by atoms with E-state index in [1.807, 2.05) is 19.1 Å². The Bertz CT molecular complexity index is 585. The van der Waals surface area contributed by atoms with Gasteiger partial charge in [-0.25, -0.2) is 0 Å². The molecule has 0 saturated carbocycles. The van der Waals surface area contributed by atoms with E-state index in [2.05, 4.69) is 5.32 Å². The number of hydrogen-bond donors (Lipinski definition) is 2. The molecule has 1 aliphatic heterocycles. The number of rotatable bonds is 7. The van der Waals surface area contributed by atoms with Crippen molar-refractivity contribution in [1.82, 2.24) is 10.2 Å². The largest absolute Gasteiger partial charge is 0.481 e. The highest BCUT2D eigenvalue weighted by Crippen LogP contribution is 2.21. The van der Waals surface area contributed by atoms with Gasteiger partial charge in [-0.05, 0) is 18.1 Å². The Morgan fingerprint density at radius 1 is 1.36 bits per heavy atom. The number of fused-ring (bicyclic) bond motifs is 1. The monoisotopic (exact) mass is 304 g/mol. The van der Waals surface area contributed by atoms with Gasteiger partial charge in [0.1, 0.15) is 6.54 Å². The number of amides is 2. The summed E-state index contributed by atoms with van der Waals surface area (Å²) in [6.45, 7) is 2.36. The van der Waals surface area contributed by atoms with Gasteiger partial charge in [-0.2, -0.15) is 0 Å². The summed E-state index contributed by atoms with van der Waals surface area (Å²) in [6, 6.07) is 7.27. The number of nitrogens with one attached hydrogen (secondary N) is 1. The van der Waals surface area contributed by atoms with E-state index in [1.165, 1.54) is 4.90 Å². The number of aliphatic carboxylic acids is 1. The summed E-state index contributed by atoms with van der Waals surface area (Å²) in [5.41, 5.74) is 1.54. The summed E-state index contributed by atoms with van der Waals surface area (Å²) in [7, 11) is 0. The lowest BCUT2D eigenvalue weighted by Gasteiger charge is -2.17. The van der Waals surface area contributed by atoms with Crippen LogP contribution in [-0.4, -0.2) is 40.9 Å². The third kappa shape index (κ3) is 3.63. The lowest BCUT2D eigenvalue weighted by molar-refractivity contribution is -0.142. The molecule has 1 aliphatic rings. The van der Waals surface area contributed by atoms with Crippen LogP contribution in [0.1, 0.15) is 35.7 Å². The molecule has 1 heterocycles. The molecule has 0 spiro atoms. The third-order valence-corrected chi connectivity index (χ3v) is 3.76. The molecule has 2 rings (SSSR count). The van der Waals surface area contributed by atoms with Crippen LogP contribution in [0.25, 0.3) is 0 Å². The smallest absolute Gasteiger partial charge is 0.308 e. The molecule has 2 amide bonds. The molecule has 0 radical (unpaired) electrons. The molecule has 6 heteroatoms. The van der Waals surface area contributed by atoms with E-state index >= 15 is 0 Å². The quantitative estimate of drug-likeness (QED) is 0.794. The first-order valence-electron chi connectivity index (χ1n) is 7.39. The number of carboxylic acid groups (broad SMARTS) is 1. The van der Waals surface area contributed by atoms with Gasteiger partial charge in [0.2, 0.25) is 5.91 Å². The summed E-state index contributed by atoms with van der Waals surface area (Å²) in [4.78, 5) is 36.6. The maximum Gasteiger partial charge on any atom is 0.308 e. The average Bonchev–Trinajstić information content (AvgIpc) is 2.80. The zero-order valence-corrected chi connectivity index (χ0v) is 12.5. The molecular formula is C16H20N2O4. The van der Waals surface area contributed by atoms with E-state index < -0.39 is 11.9 Å². The van der Waals surface area contributed by atoms with Crippen molar-refractivity contribution in [3.63, 3.8) is 0 Å². The molecule has 0 aromatic heterocycles. The minimum atomic E-state index is -0.910. The van der Waals surface area contributed by atoms with Gasteiger partial charge in [-0.3, -0.25) is 14.4 Å². The van der Waals surface area contributed by atoms with Crippen molar-refractivity contribution >= 4 is 17.8 Å². The molecule has 0 bridgehead atoms. The Labute approximate surface area is 129 Å². The Kier molecular flexibility index (Phi) is 5.14. The first kappa shape index (κ1) is 16.0. The highest BCUT2D eigenvalue weighted by Gasteiger charge is 2.28. The summed E-state index contributed by atoms with van der Waals surface area (Å²) in [5, 5.41) is 11.7. The summed E-state index contributed by atoms with van der Waals surface area (Å²) >= 11 is 0. The molecule has 118 valence electrons. The first-order chi connectivity index (χ1) is 10.5.